The van der Waals surface area contributed by atoms with Gasteiger partial charge in [0.15, 0.2) is 0 Å². The number of pyridine rings is 1. The number of methoxy groups -OCH3 is 1. The minimum atomic E-state index is -0.603. The Morgan fingerprint density at radius 2 is 2.20 bits per heavy atom. The van der Waals surface area contributed by atoms with E-state index in [9.17, 15) is 4.79 Å². The Bertz CT molecular complexity index is 628. The molecular weight excluding hydrogens is 260 g/mol. The first kappa shape index (κ1) is 14.1. The zero-order valence-corrected chi connectivity index (χ0v) is 11.1. The quantitative estimate of drug-likeness (QED) is 0.770. The van der Waals surface area contributed by atoms with Crippen LogP contribution in [0.25, 0.3) is 10.9 Å². The number of benzene rings is 1. The van der Waals surface area contributed by atoms with E-state index in [-0.39, 0.29) is 24.7 Å². The third-order valence-corrected chi connectivity index (χ3v) is 2.80. The van der Waals surface area contributed by atoms with Crippen LogP contribution in [-0.4, -0.2) is 36.3 Å². The molecule has 0 spiro atoms. The Hall–Kier alpha value is -2.34. The molecule has 6 heteroatoms. The zero-order valence-electron chi connectivity index (χ0n) is 11.1. The van der Waals surface area contributed by atoms with E-state index in [0.29, 0.717) is 17.7 Å². The Morgan fingerprint density at radius 1 is 1.40 bits per heavy atom. The van der Waals surface area contributed by atoms with Crippen LogP contribution < -0.4 is 15.2 Å². The summed E-state index contributed by atoms with van der Waals surface area (Å²) < 4.78 is 10.5. The molecule has 0 atom stereocenters. The second-order valence-corrected chi connectivity index (χ2v) is 4.19. The van der Waals surface area contributed by atoms with E-state index in [4.69, 9.17) is 20.3 Å². The molecule has 1 amide bonds. The number of amides is 1. The van der Waals surface area contributed by atoms with E-state index in [1.54, 1.807) is 31.4 Å². The number of ether oxygens (including phenoxy) is 2. The van der Waals surface area contributed by atoms with Gasteiger partial charge in [-0.25, -0.2) is 4.98 Å². The van der Waals surface area contributed by atoms with Crippen molar-refractivity contribution in [2.24, 2.45) is 5.73 Å². The minimum Gasteiger partial charge on any atom is -0.497 e. The highest BCUT2D eigenvalue weighted by molar-refractivity contribution is 5.99. The molecule has 0 saturated heterocycles. The lowest BCUT2D eigenvalue weighted by Crippen LogP contribution is -2.14. The first-order valence-corrected chi connectivity index (χ1v) is 6.18. The van der Waals surface area contributed by atoms with Crippen LogP contribution >= 0.6 is 0 Å². The molecule has 0 aliphatic carbocycles. The second-order valence-electron chi connectivity index (χ2n) is 4.19. The van der Waals surface area contributed by atoms with Crippen LogP contribution in [0.4, 0.5) is 0 Å². The van der Waals surface area contributed by atoms with Crippen LogP contribution in [0.15, 0.2) is 24.3 Å². The Balaban J connectivity index is 2.45. The molecule has 1 aromatic heterocycles. The second kappa shape index (κ2) is 6.21. The predicted molar refractivity (Wildman–Crippen MR) is 74.0 cm³/mol. The van der Waals surface area contributed by atoms with Gasteiger partial charge in [0.25, 0.3) is 5.91 Å². The highest BCUT2D eigenvalue weighted by atomic mass is 16.5. The summed E-state index contributed by atoms with van der Waals surface area (Å²) >= 11 is 0. The number of aliphatic hydroxyl groups excluding tert-OH is 1. The van der Waals surface area contributed by atoms with Gasteiger partial charge in [0, 0.05) is 24.5 Å². The first-order chi connectivity index (χ1) is 9.65. The Labute approximate surface area is 116 Å². The van der Waals surface area contributed by atoms with Gasteiger partial charge in [-0.15, -0.1) is 0 Å². The molecule has 6 nitrogen and oxygen atoms in total. The van der Waals surface area contributed by atoms with Gasteiger partial charge in [-0.3, -0.25) is 4.79 Å². The lowest BCUT2D eigenvalue weighted by molar-refractivity contribution is 0.0995. The highest BCUT2D eigenvalue weighted by Gasteiger charge is 2.13. The molecule has 20 heavy (non-hydrogen) atoms. The molecule has 0 radical (unpaired) electrons. The van der Waals surface area contributed by atoms with Gasteiger partial charge in [0.05, 0.1) is 19.2 Å². The maximum absolute atomic E-state index is 11.4. The van der Waals surface area contributed by atoms with Crippen molar-refractivity contribution in [1.29, 1.82) is 0 Å². The van der Waals surface area contributed by atoms with Crippen molar-refractivity contribution >= 4 is 16.8 Å². The van der Waals surface area contributed by atoms with E-state index in [2.05, 4.69) is 4.98 Å². The summed E-state index contributed by atoms with van der Waals surface area (Å²) in [7, 11) is 1.57. The molecule has 0 aliphatic heterocycles. The van der Waals surface area contributed by atoms with Gasteiger partial charge in [-0.1, -0.05) is 0 Å². The lowest BCUT2D eigenvalue weighted by Gasteiger charge is -2.10. The third kappa shape index (κ3) is 2.97. The van der Waals surface area contributed by atoms with Gasteiger partial charge >= 0.3 is 0 Å². The molecule has 0 saturated carbocycles. The van der Waals surface area contributed by atoms with Crippen molar-refractivity contribution in [3.8, 4) is 11.6 Å². The molecule has 0 unspecified atom stereocenters. The fourth-order valence-corrected chi connectivity index (χ4v) is 1.78. The number of fused-ring (bicyclic) bond motifs is 1. The molecule has 2 rings (SSSR count). The lowest BCUT2D eigenvalue weighted by atomic mass is 10.1. The van der Waals surface area contributed by atoms with Crippen LogP contribution in [0.1, 0.15) is 16.8 Å². The van der Waals surface area contributed by atoms with Gasteiger partial charge in [-0.2, -0.15) is 0 Å². The highest BCUT2D eigenvalue weighted by Crippen LogP contribution is 2.25. The Kier molecular flexibility index (Phi) is 4.37. The fourth-order valence-electron chi connectivity index (χ4n) is 1.78. The molecule has 1 heterocycles. The number of nitrogens with two attached hydrogens (primary N) is 1. The van der Waals surface area contributed by atoms with Crippen molar-refractivity contribution in [2.75, 3.05) is 20.3 Å². The molecule has 3 N–H and O–H groups in total. The SMILES string of the molecule is COc1ccc2cc(C(N)=O)c(OCCCO)nc2c1. The molecular formula is C14H16N2O4. The smallest absolute Gasteiger partial charge is 0.254 e. The number of hydrogen-bond donors (Lipinski definition) is 2. The van der Waals surface area contributed by atoms with Crippen LogP contribution in [0.2, 0.25) is 0 Å². The van der Waals surface area contributed by atoms with Gasteiger partial charge in [-0.05, 0) is 18.2 Å². The number of nitrogens with zero attached hydrogens (tertiary/aromatic N) is 1. The molecule has 1 aromatic carbocycles. The zero-order chi connectivity index (χ0) is 14.5. The predicted octanol–water partition coefficient (Wildman–Crippen LogP) is 1.10. The summed E-state index contributed by atoms with van der Waals surface area (Å²) in [5, 5.41) is 9.53. The van der Waals surface area contributed by atoms with Gasteiger partial charge in [0.1, 0.15) is 11.3 Å². The number of aliphatic hydroxyl groups is 1. The van der Waals surface area contributed by atoms with E-state index < -0.39 is 5.91 Å². The summed E-state index contributed by atoms with van der Waals surface area (Å²) in [6.07, 6.45) is 0.454. The third-order valence-electron chi connectivity index (χ3n) is 2.80. The summed E-state index contributed by atoms with van der Waals surface area (Å²) in [6.45, 7) is 0.270. The number of rotatable bonds is 6. The summed E-state index contributed by atoms with van der Waals surface area (Å²) in [5.74, 6) is 0.235. The van der Waals surface area contributed by atoms with Crippen molar-refractivity contribution in [2.45, 2.75) is 6.42 Å². The molecule has 106 valence electrons. The van der Waals surface area contributed by atoms with Crippen LogP contribution in [0.5, 0.6) is 11.6 Å². The normalized spacial score (nSPS) is 10.5. The van der Waals surface area contributed by atoms with E-state index in [1.807, 2.05) is 0 Å². The van der Waals surface area contributed by atoms with Crippen molar-refractivity contribution < 1.29 is 19.4 Å². The maximum atomic E-state index is 11.4. The molecule has 0 bridgehead atoms. The Morgan fingerprint density at radius 3 is 2.85 bits per heavy atom. The number of hydrogen-bond acceptors (Lipinski definition) is 5. The first-order valence-electron chi connectivity index (χ1n) is 6.18. The van der Waals surface area contributed by atoms with Crippen molar-refractivity contribution in [3.63, 3.8) is 0 Å². The van der Waals surface area contributed by atoms with Crippen LogP contribution in [-0.2, 0) is 0 Å². The van der Waals surface area contributed by atoms with Crippen molar-refractivity contribution in [3.05, 3.63) is 29.8 Å². The van der Waals surface area contributed by atoms with E-state index >= 15 is 0 Å². The van der Waals surface area contributed by atoms with Gasteiger partial charge in [0.2, 0.25) is 5.88 Å². The summed E-state index contributed by atoms with van der Waals surface area (Å²) in [4.78, 5) is 15.7. The average molecular weight is 276 g/mol. The van der Waals surface area contributed by atoms with Crippen LogP contribution in [0, 0.1) is 0 Å². The number of aromatic nitrogens is 1. The molecule has 0 fully saturated rings. The van der Waals surface area contributed by atoms with E-state index in [1.165, 1.54) is 0 Å². The fraction of sp³-hybridized carbons (Fsp3) is 0.286. The minimum absolute atomic E-state index is 0.00725. The number of carbonyl (C=O) groups is 1. The summed E-state index contributed by atoms with van der Waals surface area (Å²) in [6, 6.07) is 6.96. The topological polar surface area (TPSA) is 94.7 Å². The molecule has 0 aliphatic rings. The average Bonchev–Trinajstić information content (AvgIpc) is 2.46. The van der Waals surface area contributed by atoms with E-state index in [0.717, 1.165) is 5.39 Å². The summed E-state index contributed by atoms with van der Waals surface area (Å²) in [5.41, 5.74) is 6.20. The monoisotopic (exact) mass is 276 g/mol. The number of primary amides is 1. The maximum Gasteiger partial charge on any atom is 0.254 e. The van der Waals surface area contributed by atoms with Crippen LogP contribution in [0.3, 0.4) is 0 Å². The molecule has 2 aromatic rings. The number of carbonyl (C=O) groups excluding carboxylic acids is 1. The van der Waals surface area contributed by atoms with Gasteiger partial charge < -0.3 is 20.3 Å². The largest absolute Gasteiger partial charge is 0.497 e. The standard InChI is InChI=1S/C14H16N2O4/c1-19-10-4-3-9-7-11(13(15)18)14(16-12(9)8-10)20-6-2-5-17/h3-4,7-8,17H,2,5-6H2,1H3,(H2,15,18). The van der Waals surface area contributed by atoms with Crippen molar-refractivity contribution in [1.82, 2.24) is 4.98 Å².